The van der Waals surface area contributed by atoms with Crippen LogP contribution in [0.3, 0.4) is 0 Å². The summed E-state index contributed by atoms with van der Waals surface area (Å²) < 4.78 is 47.3. The van der Waals surface area contributed by atoms with Crippen molar-refractivity contribution in [2.75, 3.05) is 19.6 Å². The highest BCUT2D eigenvalue weighted by molar-refractivity contribution is 7.91. The lowest BCUT2D eigenvalue weighted by Crippen LogP contribution is -2.34. The van der Waals surface area contributed by atoms with Crippen LogP contribution in [-0.4, -0.2) is 50.9 Å². The number of carbonyl (C=O) groups excluding carboxylic acids is 1. The number of halogens is 2. The number of hydrogen-bond donors (Lipinski definition) is 3. The van der Waals surface area contributed by atoms with Crippen LogP contribution in [0.2, 0.25) is 0 Å². The molecule has 0 bridgehead atoms. The predicted molar refractivity (Wildman–Crippen MR) is 74.3 cm³/mol. The van der Waals surface area contributed by atoms with Crippen LogP contribution >= 0.6 is 0 Å². The van der Waals surface area contributed by atoms with Crippen LogP contribution in [0.25, 0.3) is 0 Å². The van der Waals surface area contributed by atoms with Gasteiger partial charge in [0.1, 0.15) is 0 Å². The minimum absolute atomic E-state index is 0.0950. The van der Waals surface area contributed by atoms with Crippen LogP contribution in [-0.2, 0) is 9.84 Å². The number of aliphatic hydroxyl groups excluding tert-OH is 1. The van der Waals surface area contributed by atoms with Crippen molar-refractivity contribution in [2.24, 2.45) is 5.92 Å². The van der Waals surface area contributed by atoms with Crippen molar-refractivity contribution in [3.05, 3.63) is 29.8 Å². The van der Waals surface area contributed by atoms with Crippen LogP contribution < -0.4 is 10.6 Å². The number of rotatable bonds is 5. The monoisotopic (exact) mass is 334 g/mol. The summed E-state index contributed by atoms with van der Waals surface area (Å²) in [5.41, 5.74) is 0.161. The molecule has 6 nitrogen and oxygen atoms in total. The number of hydrogen-bond acceptors (Lipinski definition) is 5. The quantitative estimate of drug-likeness (QED) is 0.704. The topological polar surface area (TPSA) is 95.5 Å². The standard InChI is InChI=1S/C13H16F2N2O4S/c14-13(15)22(20,21)10-3-1-8(2-4-10)12(19)17-6-9-5-16-7-11(9)18/h1-4,9,11,13,16,18H,5-7H2,(H,17,19). The van der Waals surface area contributed by atoms with Gasteiger partial charge in [-0.1, -0.05) is 0 Å². The van der Waals surface area contributed by atoms with Gasteiger partial charge in [0.15, 0.2) is 0 Å². The molecule has 1 aliphatic heterocycles. The number of amides is 1. The average molecular weight is 334 g/mol. The number of β-amino-alcohol motifs (C(OH)–C–C–N with tert-alkyl or cyclic N) is 1. The van der Waals surface area contributed by atoms with Gasteiger partial charge in [-0.2, -0.15) is 8.78 Å². The number of benzene rings is 1. The first-order chi connectivity index (χ1) is 10.3. The number of alkyl halides is 2. The molecule has 2 rings (SSSR count). The lowest BCUT2D eigenvalue weighted by atomic mass is 10.1. The van der Waals surface area contributed by atoms with Gasteiger partial charge in [-0.05, 0) is 24.3 Å². The lowest BCUT2D eigenvalue weighted by molar-refractivity contribution is 0.0927. The maximum atomic E-state index is 12.4. The van der Waals surface area contributed by atoms with E-state index in [2.05, 4.69) is 10.6 Å². The van der Waals surface area contributed by atoms with Gasteiger partial charge >= 0.3 is 5.76 Å². The van der Waals surface area contributed by atoms with E-state index in [1.165, 1.54) is 12.1 Å². The van der Waals surface area contributed by atoms with Crippen LogP contribution in [0.15, 0.2) is 29.2 Å². The van der Waals surface area contributed by atoms with Gasteiger partial charge in [-0.25, -0.2) is 8.42 Å². The molecule has 1 heterocycles. The van der Waals surface area contributed by atoms with Crippen LogP contribution in [0.1, 0.15) is 10.4 Å². The van der Waals surface area contributed by atoms with Crippen LogP contribution in [0, 0.1) is 5.92 Å². The molecule has 1 aromatic carbocycles. The molecule has 0 radical (unpaired) electrons. The third-order valence-corrected chi connectivity index (χ3v) is 4.91. The van der Waals surface area contributed by atoms with Crippen molar-refractivity contribution in [2.45, 2.75) is 16.8 Å². The second-order valence-corrected chi connectivity index (χ2v) is 6.94. The second-order valence-electron chi connectivity index (χ2n) is 5.03. The highest BCUT2D eigenvalue weighted by Crippen LogP contribution is 2.18. The summed E-state index contributed by atoms with van der Waals surface area (Å²) in [6.07, 6.45) is -0.529. The highest BCUT2D eigenvalue weighted by atomic mass is 32.2. The zero-order valence-corrected chi connectivity index (χ0v) is 12.3. The molecule has 1 aliphatic rings. The zero-order valence-electron chi connectivity index (χ0n) is 11.5. The van der Waals surface area contributed by atoms with Crippen LogP contribution in [0.5, 0.6) is 0 Å². The number of nitrogens with one attached hydrogen (secondary N) is 2. The Labute approximate surface area is 126 Å². The minimum Gasteiger partial charge on any atom is -0.391 e. The Hall–Kier alpha value is -1.58. The third kappa shape index (κ3) is 3.60. The molecule has 0 spiro atoms. The fourth-order valence-corrected chi connectivity index (χ4v) is 2.87. The summed E-state index contributed by atoms with van der Waals surface area (Å²) in [5.74, 6) is -4.05. The molecule has 122 valence electrons. The van der Waals surface area contributed by atoms with Gasteiger partial charge in [-0.15, -0.1) is 0 Å². The molecule has 2 atom stereocenters. The Kier molecular flexibility index (Phi) is 5.09. The molecule has 3 N–H and O–H groups in total. The van der Waals surface area contributed by atoms with E-state index in [0.717, 1.165) is 12.1 Å². The lowest BCUT2D eigenvalue weighted by Gasteiger charge is -2.14. The maximum Gasteiger partial charge on any atom is 0.341 e. The van der Waals surface area contributed by atoms with Gasteiger partial charge < -0.3 is 15.7 Å². The summed E-state index contributed by atoms with van der Waals surface area (Å²) >= 11 is 0. The normalized spacial score (nSPS) is 22.0. The molecule has 1 amide bonds. The van der Waals surface area contributed by atoms with Gasteiger partial charge in [0.25, 0.3) is 5.91 Å². The van der Waals surface area contributed by atoms with E-state index in [0.29, 0.717) is 13.1 Å². The first-order valence-electron chi connectivity index (χ1n) is 6.61. The predicted octanol–water partition coefficient (Wildman–Crippen LogP) is -0.00700. The molecule has 22 heavy (non-hydrogen) atoms. The van der Waals surface area contributed by atoms with Crippen LogP contribution in [0.4, 0.5) is 8.78 Å². The molecule has 0 aromatic heterocycles. The summed E-state index contributed by atoms with van der Waals surface area (Å²) in [6.45, 7) is 1.33. The molecule has 1 fully saturated rings. The molecule has 0 aliphatic carbocycles. The van der Waals surface area contributed by atoms with E-state index in [1.54, 1.807) is 0 Å². The summed E-state index contributed by atoms with van der Waals surface area (Å²) in [7, 11) is -4.66. The van der Waals surface area contributed by atoms with E-state index >= 15 is 0 Å². The van der Waals surface area contributed by atoms with Gasteiger partial charge in [0.05, 0.1) is 11.0 Å². The molecular formula is C13H16F2N2O4S. The molecule has 9 heteroatoms. The molecule has 2 unspecified atom stereocenters. The van der Waals surface area contributed by atoms with Crippen molar-refractivity contribution >= 4 is 15.7 Å². The molecule has 1 saturated heterocycles. The fourth-order valence-electron chi connectivity index (χ4n) is 2.15. The number of sulfone groups is 1. The smallest absolute Gasteiger partial charge is 0.341 e. The Morgan fingerprint density at radius 2 is 1.95 bits per heavy atom. The molecule has 1 aromatic rings. The summed E-state index contributed by atoms with van der Waals surface area (Å²) in [6, 6.07) is 4.30. The van der Waals surface area contributed by atoms with Gasteiger partial charge in [-0.3, -0.25) is 4.79 Å². The number of carbonyl (C=O) groups is 1. The van der Waals surface area contributed by atoms with Crippen molar-refractivity contribution in [1.29, 1.82) is 0 Å². The minimum atomic E-state index is -4.66. The van der Waals surface area contributed by atoms with E-state index in [4.69, 9.17) is 0 Å². The van der Waals surface area contributed by atoms with E-state index in [-0.39, 0.29) is 18.0 Å². The summed E-state index contributed by atoms with van der Waals surface area (Å²) in [4.78, 5) is 11.4. The molecule has 0 saturated carbocycles. The van der Waals surface area contributed by atoms with Crippen molar-refractivity contribution in [1.82, 2.24) is 10.6 Å². The summed E-state index contributed by atoms with van der Waals surface area (Å²) in [5, 5.41) is 15.2. The number of aliphatic hydroxyl groups is 1. The first-order valence-corrected chi connectivity index (χ1v) is 8.16. The van der Waals surface area contributed by atoms with Crippen molar-refractivity contribution in [3.63, 3.8) is 0 Å². The Morgan fingerprint density at radius 1 is 1.32 bits per heavy atom. The Morgan fingerprint density at radius 3 is 2.45 bits per heavy atom. The SMILES string of the molecule is O=C(NCC1CNCC1O)c1ccc(S(=O)(=O)C(F)F)cc1. The fraction of sp³-hybridized carbons (Fsp3) is 0.462. The average Bonchev–Trinajstić information content (AvgIpc) is 2.90. The van der Waals surface area contributed by atoms with E-state index in [1.807, 2.05) is 0 Å². The first kappa shape index (κ1) is 16.8. The van der Waals surface area contributed by atoms with E-state index < -0.39 is 32.5 Å². The Bertz CT molecular complexity index is 634. The Balaban J connectivity index is 1.99. The largest absolute Gasteiger partial charge is 0.391 e. The second kappa shape index (κ2) is 6.67. The van der Waals surface area contributed by atoms with Crippen molar-refractivity contribution in [3.8, 4) is 0 Å². The highest BCUT2D eigenvalue weighted by Gasteiger charge is 2.27. The maximum absolute atomic E-state index is 12.4. The van der Waals surface area contributed by atoms with Gasteiger partial charge in [0.2, 0.25) is 9.84 Å². The third-order valence-electron chi connectivity index (χ3n) is 3.51. The zero-order chi connectivity index (χ0) is 16.3. The van der Waals surface area contributed by atoms with E-state index in [9.17, 15) is 27.1 Å². The molecular weight excluding hydrogens is 318 g/mol. The van der Waals surface area contributed by atoms with Crippen molar-refractivity contribution < 1.29 is 27.1 Å². The van der Waals surface area contributed by atoms with Gasteiger partial charge in [0, 0.05) is 31.1 Å².